The van der Waals surface area contributed by atoms with E-state index in [1.165, 1.54) is 0 Å². The average Bonchev–Trinajstić information content (AvgIpc) is 3.15. The highest BCUT2D eigenvalue weighted by atomic mass is 32.2. The minimum absolute atomic E-state index is 0.213. The molecule has 9 heteroatoms. The summed E-state index contributed by atoms with van der Waals surface area (Å²) in [6, 6.07) is 5.59. The number of ether oxygens (including phenoxy) is 1. The first-order valence-electron chi connectivity index (χ1n) is 12.1. The van der Waals surface area contributed by atoms with Crippen molar-refractivity contribution >= 4 is 27.8 Å². The van der Waals surface area contributed by atoms with Crippen LogP contribution in [-0.4, -0.2) is 54.5 Å². The zero-order valence-corrected chi connectivity index (χ0v) is 21.1. The minimum atomic E-state index is -1.30. The third-order valence-corrected chi connectivity index (χ3v) is 7.97. The van der Waals surface area contributed by atoms with Crippen LogP contribution in [-0.2, 0) is 24.5 Å². The molecule has 0 saturated carbocycles. The fraction of sp³-hybridized carbons (Fsp3) is 0.520. The van der Waals surface area contributed by atoms with E-state index >= 15 is 0 Å². The van der Waals surface area contributed by atoms with Crippen molar-refractivity contribution in [3.8, 4) is 17.1 Å². The maximum absolute atomic E-state index is 13.4. The molecule has 1 aliphatic heterocycles. The molecule has 0 amide bonds. The van der Waals surface area contributed by atoms with E-state index in [4.69, 9.17) is 15.5 Å². The van der Waals surface area contributed by atoms with Crippen LogP contribution in [0.3, 0.4) is 0 Å². The predicted molar refractivity (Wildman–Crippen MR) is 136 cm³/mol. The molecule has 4 rings (SSSR count). The lowest BCUT2D eigenvalue weighted by molar-refractivity contribution is 0.211. The molecule has 0 radical (unpaired) electrons. The van der Waals surface area contributed by atoms with Gasteiger partial charge >= 0.3 is 0 Å². The summed E-state index contributed by atoms with van der Waals surface area (Å²) in [4.78, 5) is 10.2. The minimum Gasteiger partial charge on any atom is -0.493 e. The van der Waals surface area contributed by atoms with Crippen LogP contribution in [0.4, 0.5) is 5.82 Å². The average molecular weight is 486 g/mol. The van der Waals surface area contributed by atoms with Crippen molar-refractivity contribution in [2.24, 2.45) is 13.0 Å². The number of aromatic nitrogens is 3. The van der Waals surface area contributed by atoms with Crippen LogP contribution >= 0.6 is 0 Å². The van der Waals surface area contributed by atoms with E-state index in [-0.39, 0.29) is 6.61 Å². The molecule has 2 aromatic heterocycles. The van der Waals surface area contributed by atoms with Crippen molar-refractivity contribution in [2.45, 2.75) is 50.8 Å². The third kappa shape index (κ3) is 4.96. The Labute approximate surface area is 203 Å². The topological polar surface area (TPSA) is 107 Å². The molecule has 3 aromatic rings. The molecule has 0 spiro atoms. The van der Waals surface area contributed by atoms with Gasteiger partial charge in [0.25, 0.3) is 0 Å². The summed E-state index contributed by atoms with van der Waals surface area (Å²) in [5, 5.41) is 9.21. The molecule has 1 aromatic carbocycles. The van der Waals surface area contributed by atoms with Gasteiger partial charge in [0.05, 0.1) is 22.6 Å². The number of hydrogen-bond acceptors (Lipinski definition) is 6. The van der Waals surface area contributed by atoms with Crippen molar-refractivity contribution < 1.29 is 14.1 Å². The van der Waals surface area contributed by atoms with Crippen LogP contribution in [0.1, 0.15) is 45.1 Å². The molecule has 8 nitrogen and oxygen atoms in total. The maximum Gasteiger partial charge on any atom is 0.166 e. The van der Waals surface area contributed by atoms with Crippen molar-refractivity contribution in [2.75, 3.05) is 32.0 Å². The van der Waals surface area contributed by atoms with Crippen molar-refractivity contribution in [1.82, 2.24) is 18.8 Å². The van der Waals surface area contributed by atoms with E-state index in [9.17, 15) is 9.32 Å². The second-order valence-corrected chi connectivity index (χ2v) is 10.4. The second-order valence-electron chi connectivity index (χ2n) is 8.87. The number of piperidine rings is 1. The fourth-order valence-electron chi connectivity index (χ4n) is 4.75. The zero-order chi connectivity index (χ0) is 24.2. The Bertz CT molecular complexity index is 1170. The SMILES string of the molecule is CCCc1cn(C)c2c(N)nc(-c3cc(S(=O)N4CCC(CCO)CC4)ccc3OCC)nc12. The van der Waals surface area contributed by atoms with E-state index in [1.54, 1.807) is 0 Å². The number of hydrogen-bond donors (Lipinski definition) is 2. The highest BCUT2D eigenvalue weighted by Crippen LogP contribution is 2.34. The van der Waals surface area contributed by atoms with Crippen molar-refractivity contribution in [3.05, 3.63) is 30.0 Å². The summed E-state index contributed by atoms with van der Waals surface area (Å²) in [7, 11) is 0.662. The lowest BCUT2D eigenvalue weighted by Crippen LogP contribution is -2.35. The molecule has 1 fully saturated rings. The van der Waals surface area contributed by atoms with E-state index in [0.717, 1.165) is 61.8 Å². The molecule has 0 aliphatic carbocycles. The van der Waals surface area contributed by atoms with Crippen LogP contribution in [0.15, 0.2) is 29.3 Å². The monoisotopic (exact) mass is 485 g/mol. The number of nitrogen functional groups attached to an aromatic ring is 1. The molecule has 1 aliphatic rings. The molecule has 1 atom stereocenters. The number of anilines is 1. The quantitative estimate of drug-likeness (QED) is 0.479. The summed E-state index contributed by atoms with van der Waals surface area (Å²) >= 11 is 0. The maximum atomic E-state index is 13.4. The Balaban J connectivity index is 1.71. The first-order chi connectivity index (χ1) is 16.5. The van der Waals surface area contributed by atoms with E-state index in [1.807, 2.05) is 41.0 Å². The third-order valence-electron chi connectivity index (χ3n) is 6.48. The van der Waals surface area contributed by atoms with Gasteiger partial charge in [0.2, 0.25) is 0 Å². The number of nitrogens with two attached hydrogens (primary N) is 1. The fourth-order valence-corrected chi connectivity index (χ4v) is 5.99. The van der Waals surface area contributed by atoms with E-state index in [0.29, 0.717) is 40.4 Å². The van der Waals surface area contributed by atoms with E-state index < -0.39 is 11.0 Å². The standard InChI is InChI=1S/C25H35N5O3S/c1-4-6-18-16-29(3)23-22(18)27-25(28-24(23)26)20-15-19(7-8-21(20)33-5-2)34(32)30-12-9-17(10-13-30)11-14-31/h7-8,15-17,31H,4-6,9-14H2,1-3H3,(H2,26,27,28). The molecule has 34 heavy (non-hydrogen) atoms. The van der Waals surface area contributed by atoms with Gasteiger partial charge in [0.15, 0.2) is 11.6 Å². The van der Waals surface area contributed by atoms with Crippen LogP contribution < -0.4 is 10.5 Å². The van der Waals surface area contributed by atoms with Gasteiger partial charge in [-0.1, -0.05) is 13.3 Å². The molecule has 3 heterocycles. The number of aryl methyl sites for hydroxylation is 2. The van der Waals surface area contributed by atoms with Crippen LogP contribution in [0.2, 0.25) is 0 Å². The summed E-state index contributed by atoms with van der Waals surface area (Å²) < 4.78 is 23.3. The lowest BCUT2D eigenvalue weighted by Gasteiger charge is -2.30. The predicted octanol–water partition coefficient (Wildman–Crippen LogP) is 3.69. The van der Waals surface area contributed by atoms with Gasteiger partial charge in [0.1, 0.15) is 22.3 Å². The van der Waals surface area contributed by atoms with Crippen LogP contribution in [0, 0.1) is 5.92 Å². The Morgan fingerprint density at radius 1 is 1.24 bits per heavy atom. The Morgan fingerprint density at radius 3 is 2.68 bits per heavy atom. The molecule has 0 bridgehead atoms. The lowest BCUT2D eigenvalue weighted by atomic mass is 9.95. The van der Waals surface area contributed by atoms with Crippen molar-refractivity contribution in [1.29, 1.82) is 0 Å². The van der Waals surface area contributed by atoms with Crippen molar-refractivity contribution in [3.63, 3.8) is 0 Å². The van der Waals surface area contributed by atoms with Crippen LogP contribution in [0.5, 0.6) is 5.75 Å². The Hall–Kier alpha value is -2.49. The normalized spacial score (nSPS) is 16.2. The number of fused-ring (bicyclic) bond motifs is 1. The van der Waals surface area contributed by atoms with E-state index in [2.05, 4.69) is 18.1 Å². The Morgan fingerprint density at radius 2 is 2.00 bits per heavy atom. The second kappa shape index (κ2) is 10.8. The van der Waals surface area contributed by atoms with Gasteiger partial charge in [-0.25, -0.2) is 18.5 Å². The highest BCUT2D eigenvalue weighted by Gasteiger charge is 2.25. The number of rotatable bonds is 9. The molecule has 184 valence electrons. The highest BCUT2D eigenvalue weighted by molar-refractivity contribution is 7.82. The molecular formula is C25H35N5O3S. The largest absolute Gasteiger partial charge is 0.493 e. The molecule has 1 saturated heterocycles. The smallest absolute Gasteiger partial charge is 0.166 e. The van der Waals surface area contributed by atoms with Gasteiger partial charge in [-0.2, -0.15) is 0 Å². The zero-order valence-electron chi connectivity index (χ0n) is 20.3. The van der Waals surface area contributed by atoms with Gasteiger partial charge in [0, 0.05) is 32.9 Å². The molecule has 3 N–H and O–H groups in total. The number of nitrogens with zero attached hydrogens (tertiary/aromatic N) is 4. The molecular weight excluding hydrogens is 450 g/mol. The summed E-state index contributed by atoms with van der Waals surface area (Å²) in [6.45, 7) is 6.28. The number of benzene rings is 1. The first kappa shape index (κ1) is 24.6. The Kier molecular flexibility index (Phi) is 7.85. The summed E-state index contributed by atoms with van der Waals surface area (Å²) in [5.74, 6) is 2.05. The van der Waals surface area contributed by atoms with Gasteiger partial charge in [-0.15, -0.1) is 0 Å². The van der Waals surface area contributed by atoms with Gasteiger partial charge in [-0.3, -0.25) is 0 Å². The number of aliphatic hydroxyl groups excluding tert-OH is 1. The number of aliphatic hydroxyl groups is 1. The molecule has 1 unspecified atom stereocenters. The van der Waals surface area contributed by atoms with Gasteiger partial charge < -0.3 is 20.1 Å². The first-order valence-corrected chi connectivity index (χ1v) is 13.2. The van der Waals surface area contributed by atoms with Crippen LogP contribution in [0.25, 0.3) is 22.4 Å². The summed E-state index contributed by atoms with van der Waals surface area (Å²) in [5.41, 5.74) is 9.90. The van der Waals surface area contributed by atoms with Gasteiger partial charge in [-0.05, 0) is 62.3 Å². The summed E-state index contributed by atoms with van der Waals surface area (Å²) in [6.07, 6.45) is 6.68.